The Morgan fingerprint density at radius 3 is 2.81 bits per heavy atom. The van der Waals surface area contributed by atoms with E-state index in [0.717, 1.165) is 48.9 Å². The van der Waals surface area contributed by atoms with Gasteiger partial charge in [-0.15, -0.1) is 0 Å². The van der Waals surface area contributed by atoms with E-state index < -0.39 is 5.60 Å². The van der Waals surface area contributed by atoms with E-state index in [1.807, 2.05) is 24.3 Å². The van der Waals surface area contributed by atoms with Crippen LogP contribution in [-0.2, 0) is 12.1 Å². The number of para-hydroxylation sites is 1. The molecule has 0 bridgehead atoms. The summed E-state index contributed by atoms with van der Waals surface area (Å²) in [7, 11) is 2.14. The average molecular weight is 350 g/mol. The molecule has 3 aromatic rings. The van der Waals surface area contributed by atoms with E-state index >= 15 is 0 Å². The van der Waals surface area contributed by atoms with Gasteiger partial charge in [0.15, 0.2) is 0 Å². The number of rotatable bonds is 5. The molecule has 2 atom stereocenters. The molecule has 1 aliphatic rings. The van der Waals surface area contributed by atoms with Crippen molar-refractivity contribution in [1.82, 2.24) is 20.3 Å². The van der Waals surface area contributed by atoms with Crippen LogP contribution in [0.4, 0.5) is 0 Å². The standard InChI is InChI=1S/C21H26N4O/c1-25(14-16-8-3-2-4-9-16)15-17-10-5-6-13-21(17,26)18-11-7-12-19-20(18)23-24-22-19/h2-4,7-9,11-12,17,26H,5-6,10,13-15H2,1H3,(H,22,23,24). The third kappa shape index (κ3) is 3.24. The molecule has 0 spiro atoms. The lowest BCUT2D eigenvalue weighted by Gasteiger charge is -2.42. The first kappa shape index (κ1) is 17.2. The lowest BCUT2D eigenvalue weighted by molar-refractivity contribution is -0.0632. The smallest absolute Gasteiger partial charge is 0.119 e. The van der Waals surface area contributed by atoms with Gasteiger partial charge in [0.25, 0.3) is 0 Å². The van der Waals surface area contributed by atoms with Crippen LogP contribution in [0.25, 0.3) is 11.0 Å². The minimum atomic E-state index is -0.848. The van der Waals surface area contributed by atoms with Gasteiger partial charge in [-0.1, -0.05) is 55.3 Å². The summed E-state index contributed by atoms with van der Waals surface area (Å²) in [6.45, 7) is 1.75. The van der Waals surface area contributed by atoms with Gasteiger partial charge < -0.3 is 10.0 Å². The largest absolute Gasteiger partial charge is 0.385 e. The van der Waals surface area contributed by atoms with E-state index in [1.54, 1.807) is 0 Å². The third-order valence-corrected chi connectivity index (χ3v) is 5.68. The Morgan fingerprint density at radius 2 is 1.96 bits per heavy atom. The van der Waals surface area contributed by atoms with Crippen LogP contribution >= 0.6 is 0 Å². The lowest BCUT2D eigenvalue weighted by atomic mass is 9.71. The summed E-state index contributed by atoms with van der Waals surface area (Å²) in [6, 6.07) is 16.4. The van der Waals surface area contributed by atoms with Crippen molar-refractivity contribution in [3.8, 4) is 0 Å². The van der Waals surface area contributed by atoms with E-state index in [2.05, 4.69) is 51.6 Å². The summed E-state index contributed by atoms with van der Waals surface area (Å²) < 4.78 is 0. The predicted octanol–water partition coefficient (Wildman–Crippen LogP) is 3.47. The van der Waals surface area contributed by atoms with Gasteiger partial charge in [0, 0.05) is 24.6 Å². The van der Waals surface area contributed by atoms with Gasteiger partial charge in [0.2, 0.25) is 0 Å². The number of aliphatic hydroxyl groups is 1. The van der Waals surface area contributed by atoms with Crippen LogP contribution in [0, 0.1) is 5.92 Å². The second-order valence-corrected chi connectivity index (χ2v) is 7.55. The molecule has 1 saturated carbocycles. The first-order valence-corrected chi connectivity index (χ1v) is 9.41. The highest BCUT2D eigenvalue weighted by Gasteiger charge is 2.42. The fourth-order valence-corrected chi connectivity index (χ4v) is 4.38. The number of H-pyrrole nitrogens is 1. The molecular formula is C21H26N4O. The molecule has 5 heteroatoms. The fraction of sp³-hybridized carbons (Fsp3) is 0.429. The third-order valence-electron chi connectivity index (χ3n) is 5.68. The van der Waals surface area contributed by atoms with Crippen LogP contribution in [0.2, 0.25) is 0 Å². The van der Waals surface area contributed by atoms with Crippen molar-refractivity contribution >= 4 is 11.0 Å². The molecule has 1 fully saturated rings. The second-order valence-electron chi connectivity index (χ2n) is 7.55. The topological polar surface area (TPSA) is 65.0 Å². The van der Waals surface area contributed by atoms with Crippen molar-refractivity contribution in [1.29, 1.82) is 0 Å². The van der Waals surface area contributed by atoms with E-state index in [4.69, 9.17) is 0 Å². The number of aromatic nitrogens is 3. The summed E-state index contributed by atoms with van der Waals surface area (Å²) in [6.07, 6.45) is 4.03. The zero-order chi connectivity index (χ0) is 18.0. The molecule has 1 heterocycles. The Bertz CT molecular complexity index is 863. The maximum absolute atomic E-state index is 11.7. The molecule has 2 N–H and O–H groups in total. The molecule has 0 saturated heterocycles. The number of nitrogens with one attached hydrogen (secondary N) is 1. The van der Waals surface area contributed by atoms with Gasteiger partial charge in [-0.2, -0.15) is 15.4 Å². The minimum absolute atomic E-state index is 0.187. The Labute approximate surface area is 154 Å². The summed E-state index contributed by atoms with van der Waals surface area (Å²) in [5.74, 6) is 0.187. The number of benzene rings is 2. The summed E-state index contributed by atoms with van der Waals surface area (Å²) in [4.78, 5) is 2.32. The zero-order valence-corrected chi connectivity index (χ0v) is 15.2. The average Bonchev–Trinajstić information content (AvgIpc) is 3.13. The number of nitrogens with zero attached hydrogens (tertiary/aromatic N) is 3. The van der Waals surface area contributed by atoms with Crippen molar-refractivity contribution < 1.29 is 5.11 Å². The summed E-state index contributed by atoms with van der Waals surface area (Å²) in [5.41, 5.74) is 2.99. The summed E-state index contributed by atoms with van der Waals surface area (Å²) >= 11 is 0. The van der Waals surface area contributed by atoms with Gasteiger partial charge in [-0.25, -0.2) is 0 Å². The van der Waals surface area contributed by atoms with E-state index in [9.17, 15) is 5.11 Å². The Kier molecular flexibility index (Phi) is 4.74. The molecule has 4 rings (SSSR count). The number of fused-ring (bicyclic) bond motifs is 1. The minimum Gasteiger partial charge on any atom is -0.385 e. The molecule has 136 valence electrons. The monoisotopic (exact) mass is 350 g/mol. The molecule has 5 nitrogen and oxygen atoms in total. The first-order chi connectivity index (χ1) is 12.7. The van der Waals surface area contributed by atoms with E-state index in [1.165, 1.54) is 12.0 Å². The van der Waals surface area contributed by atoms with Crippen molar-refractivity contribution in [2.75, 3.05) is 13.6 Å². The molecule has 2 aromatic carbocycles. The number of hydrogen-bond acceptors (Lipinski definition) is 4. The molecule has 2 unspecified atom stereocenters. The second kappa shape index (κ2) is 7.17. The van der Waals surface area contributed by atoms with Crippen LogP contribution in [0.3, 0.4) is 0 Å². The van der Waals surface area contributed by atoms with E-state index in [0.29, 0.717) is 0 Å². The van der Waals surface area contributed by atoms with Crippen LogP contribution in [0.1, 0.15) is 36.8 Å². The lowest BCUT2D eigenvalue weighted by Crippen LogP contribution is -2.43. The van der Waals surface area contributed by atoms with Crippen LogP contribution < -0.4 is 0 Å². The molecule has 1 aromatic heterocycles. The Balaban J connectivity index is 1.59. The molecule has 26 heavy (non-hydrogen) atoms. The molecule has 1 aliphatic carbocycles. The summed E-state index contributed by atoms with van der Waals surface area (Å²) in [5, 5.41) is 22.9. The Morgan fingerprint density at radius 1 is 1.12 bits per heavy atom. The highest BCUT2D eigenvalue weighted by Crippen LogP contribution is 2.43. The van der Waals surface area contributed by atoms with Gasteiger partial charge in [0.05, 0.1) is 5.60 Å². The maximum Gasteiger partial charge on any atom is 0.119 e. The van der Waals surface area contributed by atoms with Crippen molar-refractivity contribution in [3.05, 3.63) is 59.7 Å². The molecule has 0 aliphatic heterocycles. The quantitative estimate of drug-likeness (QED) is 0.739. The van der Waals surface area contributed by atoms with Crippen molar-refractivity contribution in [2.24, 2.45) is 5.92 Å². The maximum atomic E-state index is 11.7. The van der Waals surface area contributed by atoms with Crippen molar-refractivity contribution in [3.63, 3.8) is 0 Å². The highest BCUT2D eigenvalue weighted by molar-refractivity contribution is 5.78. The normalized spacial score (nSPS) is 23.6. The number of hydrogen-bond donors (Lipinski definition) is 2. The Hall–Kier alpha value is -2.24. The zero-order valence-electron chi connectivity index (χ0n) is 15.2. The molecule has 0 radical (unpaired) electrons. The van der Waals surface area contributed by atoms with E-state index in [-0.39, 0.29) is 5.92 Å². The fourth-order valence-electron chi connectivity index (χ4n) is 4.38. The van der Waals surface area contributed by atoms with Crippen LogP contribution in [0.5, 0.6) is 0 Å². The number of aromatic amines is 1. The van der Waals surface area contributed by atoms with Gasteiger partial charge in [-0.05, 0) is 31.5 Å². The van der Waals surface area contributed by atoms with Crippen LogP contribution in [0.15, 0.2) is 48.5 Å². The predicted molar refractivity (Wildman–Crippen MR) is 103 cm³/mol. The SMILES string of the molecule is CN(Cc1ccccc1)CC1CCCCC1(O)c1cccc2n[nH]nc12. The molecular weight excluding hydrogens is 324 g/mol. The molecule has 0 amide bonds. The van der Waals surface area contributed by atoms with Gasteiger partial charge in [-0.3, -0.25) is 0 Å². The first-order valence-electron chi connectivity index (χ1n) is 9.41. The highest BCUT2D eigenvalue weighted by atomic mass is 16.3. The van der Waals surface area contributed by atoms with Crippen LogP contribution in [-0.4, -0.2) is 39.0 Å². The van der Waals surface area contributed by atoms with Gasteiger partial charge in [0.1, 0.15) is 11.0 Å². The van der Waals surface area contributed by atoms with Crippen molar-refractivity contribution in [2.45, 2.75) is 37.8 Å². The van der Waals surface area contributed by atoms with Gasteiger partial charge >= 0.3 is 0 Å².